The minimum absolute atomic E-state index is 1.03. The summed E-state index contributed by atoms with van der Waals surface area (Å²) < 4.78 is 0. The molecule has 0 bridgehead atoms. The topological polar surface area (TPSA) is 0 Å². The second kappa shape index (κ2) is 10.5. The molecule has 5 aromatic rings. The van der Waals surface area contributed by atoms with Crippen molar-refractivity contribution >= 4 is 11.6 Å². The molecule has 0 amide bonds. The van der Waals surface area contributed by atoms with E-state index in [9.17, 15) is 0 Å². The zero-order valence-corrected chi connectivity index (χ0v) is 20.9. The Morgan fingerprint density at radius 3 is 1.61 bits per heavy atom. The van der Waals surface area contributed by atoms with Gasteiger partial charge in [0.2, 0.25) is 0 Å². The van der Waals surface area contributed by atoms with Crippen LogP contribution in [-0.4, -0.2) is 0 Å². The monoisotopic (exact) mass is 462 g/mol. The van der Waals surface area contributed by atoms with E-state index in [-0.39, 0.29) is 0 Å². The van der Waals surface area contributed by atoms with Crippen LogP contribution in [0.1, 0.15) is 30.5 Å². The van der Waals surface area contributed by atoms with E-state index < -0.39 is 0 Å². The summed E-state index contributed by atoms with van der Waals surface area (Å²) in [5.74, 6) is 0. The largest absolute Gasteiger partial charge is 0.0905 e. The first kappa shape index (κ1) is 23.3. The maximum Gasteiger partial charge on any atom is -0.0111 e. The van der Waals surface area contributed by atoms with Crippen LogP contribution >= 0.6 is 0 Å². The number of allylic oxidation sites excluding steroid dienone is 1. The normalized spacial score (nSPS) is 10.6. The molecule has 36 heavy (non-hydrogen) atoms. The lowest BCUT2D eigenvalue weighted by Gasteiger charge is -2.14. The van der Waals surface area contributed by atoms with Crippen LogP contribution in [0.5, 0.6) is 0 Å². The van der Waals surface area contributed by atoms with Gasteiger partial charge >= 0.3 is 0 Å². The molecule has 0 saturated heterocycles. The quantitative estimate of drug-likeness (QED) is 0.235. The Hall–Kier alpha value is -4.42. The molecule has 0 heterocycles. The summed E-state index contributed by atoms with van der Waals surface area (Å²) in [6.45, 7) is 8.82. The van der Waals surface area contributed by atoms with Gasteiger partial charge in [-0.05, 0) is 87.7 Å². The molecule has 5 aromatic carbocycles. The molecule has 0 radical (unpaired) electrons. The first-order valence-corrected chi connectivity index (χ1v) is 12.4. The molecule has 0 nitrogen and oxygen atoms in total. The Morgan fingerprint density at radius 2 is 1.00 bits per heavy atom. The van der Waals surface area contributed by atoms with Gasteiger partial charge in [-0.15, -0.1) is 0 Å². The van der Waals surface area contributed by atoms with Crippen LogP contribution in [0.15, 0.2) is 140 Å². The molecule has 5 rings (SSSR count). The standard InChI is InChI=1S/C36H30/c1-26(2)22-35-25-34(29-14-8-5-9-15-29)20-21-36(35)27(3)30-16-10-18-32(23-30)33-19-11-17-31(24-33)28-12-6-4-7-13-28/h4-25H,3H2,1-2H3. The molecule has 0 atom stereocenters. The van der Waals surface area contributed by atoms with E-state index in [1.165, 1.54) is 44.5 Å². The van der Waals surface area contributed by atoms with Crippen molar-refractivity contribution in [3.8, 4) is 33.4 Å². The van der Waals surface area contributed by atoms with Gasteiger partial charge in [-0.3, -0.25) is 0 Å². The Balaban J connectivity index is 1.52. The highest BCUT2D eigenvalue weighted by atomic mass is 14.1. The molecule has 0 aliphatic rings. The van der Waals surface area contributed by atoms with Crippen molar-refractivity contribution in [2.24, 2.45) is 0 Å². The van der Waals surface area contributed by atoms with Crippen LogP contribution in [0.25, 0.3) is 45.0 Å². The Bertz CT molecular complexity index is 1530. The second-order valence-electron chi connectivity index (χ2n) is 9.40. The Labute approximate surface area is 214 Å². The predicted molar refractivity (Wildman–Crippen MR) is 157 cm³/mol. The summed E-state index contributed by atoms with van der Waals surface area (Å²) >= 11 is 0. The third kappa shape index (κ3) is 5.14. The van der Waals surface area contributed by atoms with Crippen molar-refractivity contribution in [1.29, 1.82) is 0 Å². The van der Waals surface area contributed by atoms with Crippen molar-refractivity contribution in [1.82, 2.24) is 0 Å². The Kier molecular flexibility index (Phi) is 6.78. The van der Waals surface area contributed by atoms with Gasteiger partial charge in [-0.2, -0.15) is 0 Å². The average Bonchev–Trinajstić information content (AvgIpc) is 2.93. The fraction of sp³-hybridized carbons (Fsp3) is 0.0556. The van der Waals surface area contributed by atoms with Crippen LogP contribution in [0.2, 0.25) is 0 Å². The third-order valence-electron chi connectivity index (χ3n) is 6.44. The molecule has 0 saturated carbocycles. The van der Waals surface area contributed by atoms with Crippen molar-refractivity contribution in [2.45, 2.75) is 13.8 Å². The van der Waals surface area contributed by atoms with Gasteiger partial charge in [-0.1, -0.05) is 127 Å². The number of hydrogen-bond acceptors (Lipinski definition) is 0. The van der Waals surface area contributed by atoms with Crippen molar-refractivity contribution in [3.05, 3.63) is 156 Å². The maximum absolute atomic E-state index is 4.54. The molecule has 0 spiro atoms. The minimum Gasteiger partial charge on any atom is -0.0905 e. The van der Waals surface area contributed by atoms with Crippen LogP contribution in [-0.2, 0) is 0 Å². The zero-order valence-electron chi connectivity index (χ0n) is 20.9. The van der Waals surface area contributed by atoms with Gasteiger partial charge in [-0.25, -0.2) is 0 Å². The highest BCUT2D eigenvalue weighted by molar-refractivity contribution is 5.87. The summed E-state index contributed by atoms with van der Waals surface area (Å²) in [4.78, 5) is 0. The van der Waals surface area contributed by atoms with E-state index >= 15 is 0 Å². The fourth-order valence-corrected chi connectivity index (χ4v) is 4.63. The summed E-state index contributed by atoms with van der Waals surface area (Å²) in [6, 6.07) is 45.2. The lowest BCUT2D eigenvalue weighted by molar-refractivity contribution is 1.41. The lowest BCUT2D eigenvalue weighted by Crippen LogP contribution is -1.93. The van der Waals surface area contributed by atoms with Gasteiger partial charge in [0.25, 0.3) is 0 Å². The van der Waals surface area contributed by atoms with E-state index in [4.69, 9.17) is 0 Å². The molecule has 0 aliphatic heterocycles. The molecule has 0 N–H and O–H groups in total. The molecular weight excluding hydrogens is 432 g/mol. The van der Waals surface area contributed by atoms with Crippen LogP contribution in [0, 0.1) is 0 Å². The minimum atomic E-state index is 1.03. The third-order valence-corrected chi connectivity index (χ3v) is 6.44. The number of hydrogen-bond donors (Lipinski definition) is 0. The molecule has 174 valence electrons. The van der Waals surface area contributed by atoms with E-state index in [0.717, 1.165) is 16.7 Å². The van der Waals surface area contributed by atoms with Gasteiger partial charge in [0, 0.05) is 0 Å². The lowest BCUT2D eigenvalue weighted by atomic mass is 9.90. The zero-order chi connectivity index (χ0) is 24.9. The summed E-state index contributed by atoms with van der Waals surface area (Å²) in [7, 11) is 0. The van der Waals surface area contributed by atoms with E-state index in [1.54, 1.807) is 0 Å². The SMILES string of the molecule is C=C(c1cccc(-c2cccc(-c3ccccc3)c2)c1)c1ccc(-c2ccccc2)cc1C=C(C)C. The summed E-state index contributed by atoms with van der Waals surface area (Å²) in [5.41, 5.74) is 13.1. The molecule has 0 unspecified atom stereocenters. The van der Waals surface area contributed by atoms with Gasteiger partial charge in [0.15, 0.2) is 0 Å². The van der Waals surface area contributed by atoms with Gasteiger partial charge < -0.3 is 0 Å². The highest BCUT2D eigenvalue weighted by Gasteiger charge is 2.11. The average molecular weight is 463 g/mol. The van der Waals surface area contributed by atoms with Crippen LogP contribution in [0.3, 0.4) is 0 Å². The summed E-state index contributed by atoms with van der Waals surface area (Å²) in [6.07, 6.45) is 2.25. The number of rotatable bonds is 6. The molecular formula is C36H30. The smallest absolute Gasteiger partial charge is 0.0111 e. The Morgan fingerprint density at radius 1 is 0.500 bits per heavy atom. The summed E-state index contributed by atoms with van der Waals surface area (Å²) in [5, 5.41) is 0. The van der Waals surface area contributed by atoms with Crippen molar-refractivity contribution in [3.63, 3.8) is 0 Å². The first-order chi connectivity index (χ1) is 17.6. The van der Waals surface area contributed by atoms with Crippen molar-refractivity contribution in [2.75, 3.05) is 0 Å². The molecule has 0 fully saturated rings. The van der Waals surface area contributed by atoms with Crippen LogP contribution < -0.4 is 0 Å². The highest BCUT2D eigenvalue weighted by Crippen LogP contribution is 2.33. The van der Waals surface area contributed by atoms with E-state index in [1.807, 2.05) is 0 Å². The first-order valence-electron chi connectivity index (χ1n) is 12.4. The van der Waals surface area contributed by atoms with Crippen molar-refractivity contribution < 1.29 is 0 Å². The van der Waals surface area contributed by atoms with E-state index in [2.05, 4.69) is 154 Å². The molecule has 0 aliphatic carbocycles. The van der Waals surface area contributed by atoms with Gasteiger partial charge in [0.1, 0.15) is 0 Å². The predicted octanol–water partition coefficient (Wildman–Crippen LogP) is 10.2. The van der Waals surface area contributed by atoms with Gasteiger partial charge in [0.05, 0.1) is 0 Å². The maximum atomic E-state index is 4.54. The molecule has 0 aromatic heterocycles. The van der Waals surface area contributed by atoms with Crippen LogP contribution in [0.4, 0.5) is 0 Å². The fourth-order valence-electron chi connectivity index (χ4n) is 4.63. The molecule has 0 heteroatoms. The second-order valence-corrected chi connectivity index (χ2v) is 9.40. The van der Waals surface area contributed by atoms with E-state index in [0.29, 0.717) is 0 Å². The number of benzene rings is 5.